The Balaban J connectivity index is 2.26. The van der Waals surface area contributed by atoms with Gasteiger partial charge in [-0.25, -0.2) is 4.39 Å². The first-order chi connectivity index (χ1) is 7.61. The first-order valence-electron chi connectivity index (χ1n) is 5.80. The van der Waals surface area contributed by atoms with E-state index in [4.69, 9.17) is 0 Å². The zero-order chi connectivity index (χ0) is 11.7. The lowest BCUT2D eigenvalue weighted by Gasteiger charge is -2.23. The van der Waals surface area contributed by atoms with E-state index in [2.05, 4.69) is 13.1 Å². The van der Waals surface area contributed by atoms with Crippen molar-refractivity contribution in [1.82, 2.24) is 4.90 Å². The fourth-order valence-electron chi connectivity index (χ4n) is 1.98. The highest BCUT2D eigenvalue weighted by atomic mass is 19.1. The highest BCUT2D eigenvalue weighted by molar-refractivity contribution is 5.39. The third-order valence-corrected chi connectivity index (χ3v) is 3.06. The summed E-state index contributed by atoms with van der Waals surface area (Å²) < 4.78 is 13.7. The van der Waals surface area contributed by atoms with Crippen molar-refractivity contribution in [3.8, 4) is 0 Å². The Kier molecular flexibility index (Phi) is 2.99. The first-order valence-corrected chi connectivity index (χ1v) is 5.80. The van der Waals surface area contributed by atoms with Crippen LogP contribution in [-0.2, 0) is 0 Å². The second-order valence-electron chi connectivity index (χ2n) is 4.59. The van der Waals surface area contributed by atoms with Crippen molar-refractivity contribution in [1.29, 1.82) is 0 Å². The van der Waals surface area contributed by atoms with Crippen LogP contribution in [0.25, 0.3) is 0 Å². The molecule has 1 aliphatic carbocycles. The lowest BCUT2D eigenvalue weighted by Crippen LogP contribution is -2.14. The Bertz CT molecular complexity index is 408. The summed E-state index contributed by atoms with van der Waals surface area (Å²) in [4.78, 5) is 1.90. The molecule has 0 atom stereocenters. The molecule has 0 radical (unpaired) electrons. The average Bonchev–Trinajstić information content (AvgIpc) is 2.99. The third-order valence-electron chi connectivity index (χ3n) is 3.06. The summed E-state index contributed by atoms with van der Waals surface area (Å²) in [7, 11) is 0. The molecule has 2 aliphatic rings. The minimum absolute atomic E-state index is 0.151. The number of nitrogens with zero attached hydrogens (tertiary/aromatic N) is 1. The number of allylic oxidation sites excluding steroid dienone is 5. The van der Waals surface area contributed by atoms with Crippen LogP contribution in [0.15, 0.2) is 47.2 Å². The van der Waals surface area contributed by atoms with Gasteiger partial charge in [-0.15, -0.1) is 0 Å². The second kappa shape index (κ2) is 4.28. The standard InChI is InChI=1S/C14H18FN/c1-4-14-13(15)7-10(2)8-16(14)9-11(3)12-5-6-12/h4,7-9,12H,5-6H2,1-3H3/b11-9+,14-4+. The summed E-state index contributed by atoms with van der Waals surface area (Å²) in [5, 5.41) is 0. The van der Waals surface area contributed by atoms with E-state index in [1.54, 1.807) is 6.08 Å². The van der Waals surface area contributed by atoms with Crippen molar-refractivity contribution in [2.45, 2.75) is 33.6 Å². The molecule has 0 bridgehead atoms. The maximum absolute atomic E-state index is 13.7. The van der Waals surface area contributed by atoms with E-state index in [1.165, 1.54) is 18.4 Å². The van der Waals surface area contributed by atoms with Gasteiger partial charge in [0.25, 0.3) is 0 Å². The predicted molar refractivity (Wildman–Crippen MR) is 65.0 cm³/mol. The Morgan fingerprint density at radius 1 is 1.50 bits per heavy atom. The highest BCUT2D eigenvalue weighted by Crippen LogP contribution is 2.37. The van der Waals surface area contributed by atoms with Crippen LogP contribution in [0.5, 0.6) is 0 Å². The zero-order valence-electron chi connectivity index (χ0n) is 10.1. The van der Waals surface area contributed by atoms with Gasteiger partial charge in [-0.1, -0.05) is 11.6 Å². The molecule has 0 amide bonds. The fraction of sp³-hybridized carbons (Fsp3) is 0.429. The summed E-state index contributed by atoms with van der Waals surface area (Å²) in [5.41, 5.74) is 2.94. The Morgan fingerprint density at radius 2 is 2.19 bits per heavy atom. The van der Waals surface area contributed by atoms with Crippen LogP contribution in [0.1, 0.15) is 33.6 Å². The molecule has 16 heavy (non-hydrogen) atoms. The van der Waals surface area contributed by atoms with Crippen molar-refractivity contribution in [2.24, 2.45) is 5.92 Å². The minimum atomic E-state index is -0.151. The number of rotatable bonds is 2. The predicted octanol–water partition coefficient (Wildman–Crippen LogP) is 4.28. The van der Waals surface area contributed by atoms with Crippen molar-refractivity contribution in [3.63, 3.8) is 0 Å². The van der Waals surface area contributed by atoms with Crippen LogP contribution < -0.4 is 0 Å². The van der Waals surface area contributed by atoms with Crippen molar-refractivity contribution in [2.75, 3.05) is 0 Å². The molecule has 0 aromatic carbocycles. The molecule has 0 saturated heterocycles. The molecule has 0 aromatic rings. The summed E-state index contributed by atoms with van der Waals surface area (Å²) in [6.45, 7) is 5.91. The Morgan fingerprint density at radius 3 is 2.75 bits per heavy atom. The number of hydrogen-bond donors (Lipinski definition) is 0. The van der Waals surface area contributed by atoms with Crippen LogP contribution in [0, 0.1) is 5.92 Å². The molecule has 1 nitrogen and oxygen atoms in total. The van der Waals surface area contributed by atoms with Crippen LogP contribution in [0.2, 0.25) is 0 Å². The number of hydrogen-bond acceptors (Lipinski definition) is 1. The van der Waals surface area contributed by atoms with Crippen molar-refractivity contribution >= 4 is 0 Å². The van der Waals surface area contributed by atoms with Gasteiger partial charge in [-0.2, -0.15) is 0 Å². The summed E-state index contributed by atoms with van der Waals surface area (Å²) in [6, 6.07) is 0. The molecular weight excluding hydrogens is 201 g/mol. The van der Waals surface area contributed by atoms with Gasteiger partial charge in [0.15, 0.2) is 0 Å². The molecule has 1 aliphatic heterocycles. The topological polar surface area (TPSA) is 3.24 Å². The third kappa shape index (κ3) is 2.26. The second-order valence-corrected chi connectivity index (χ2v) is 4.59. The molecule has 86 valence electrons. The van der Waals surface area contributed by atoms with E-state index in [0.717, 1.165) is 11.5 Å². The van der Waals surface area contributed by atoms with Gasteiger partial charge in [0.1, 0.15) is 5.83 Å². The smallest absolute Gasteiger partial charge is 0.147 e. The van der Waals surface area contributed by atoms with E-state index < -0.39 is 0 Å². The highest BCUT2D eigenvalue weighted by Gasteiger charge is 2.24. The largest absolute Gasteiger partial charge is 0.321 e. The summed E-state index contributed by atoms with van der Waals surface area (Å²) in [5.74, 6) is 0.572. The average molecular weight is 219 g/mol. The van der Waals surface area contributed by atoms with E-state index >= 15 is 0 Å². The minimum Gasteiger partial charge on any atom is -0.321 e. The van der Waals surface area contributed by atoms with Gasteiger partial charge >= 0.3 is 0 Å². The quantitative estimate of drug-likeness (QED) is 0.670. The van der Waals surface area contributed by atoms with Crippen LogP contribution in [0.3, 0.4) is 0 Å². The maximum Gasteiger partial charge on any atom is 0.147 e. The molecule has 0 aromatic heterocycles. The Hall–Kier alpha value is -1.31. The van der Waals surface area contributed by atoms with Gasteiger partial charge < -0.3 is 4.90 Å². The molecular formula is C14H18FN. The molecule has 0 unspecified atom stereocenters. The fourth-order valence-corrected chi connectivity index (χ4v) is 1.98. The maximum atomic E-state index is 13.7. The summed E-state index contributed by atoms with van der Waals surface area (Å²) in [6.07, 6.45) is 9.98. The van der Waals surface area contributed by atoms with Gasteiger partial charge in [0.05, 0.1) is 5.70 Å². The van der Waals surface area contributed by atoms with E-state index in [9.17, 15) is 4.39 Å². The molecule has 0 spiro atoms. The van der Waals surface area contributed by atoms with Crippen molar-refractivity contribution in [3.05, 3.63) is 47.2 Å². The molecule has 1 heterocycles. The molecule has 1 saturated carbocycles. The van der Waals surface area contributed by atoms with E-state index in [0.29, 0.717) is 5.70 Å². The van der Waals surface area contributed by atoms with E-state index in [1.807, 2.05) is 31.0 Å². The lowest BCUT2D eigenvalue weighted by molar-refractivity contribution is 0.530. The van der Waals surface area contributed by atoms with Gasteiger partial charge in [0, 0.05) is 12.4 Å². The van der Waals surface area contributed by atoms with Crippen LogP contribution in [0.4, 0.5) is 4.39 Å². The molecule has 0 N–H and O–H groups in total. The monoisotopic (exact) mass is 219 g/mol. The van der Waals surface area contributed by atoms with Gasteiger partial charge in [-0.3, -0.25) is 0 Å². The van der Waals surface area contributed by atoms with Gasteiger partial charge in [0.2, 0.25) is 0 Å². The zero-order valence-corrected chi connectivity index (χ0v) is 10.1. The lowest BCUT2D eigenvalue weighted by atomic mass is 10.1. The van der Waals surface area contributed by atoms with Crippen LogP contribution >= 0.6 is 0 Å². The normalized spacial score (nSPS) is 24.6. The molecule has 2 heteroatoms. The number of halogens is 1. The Labute approximate surface area is 96.6 Å². The molecule has 2 rings (SSSR count). The van der Waals surface area contributed by atoms with E-state index in [-0.39, 0.29) is 5.83 Å². The van der Waals surface area contributed by atoms with Gasteiger partial charge in [-0.05, 0) is 51.2 Å². The molecule has 1 fully saturated rings. The first kappa shape index (κ1) is 11.2. The SMILES string of the molecule is C/C=C1\C(F)=CC(C)=CN1/C=C(\C)C1CC1. The summed E-state index contributed by atoms with van der Waals surface area (Å²) >= 11 is 0. The van der Waals surface area contributed by atoms with Crippen LogP contribution in [-0.4, -0.2) is 4.90 Å². The van der Waals surface area contributed by atoms with Crippen molar-refractivity contribution < 1.29 is 4.39 Å².